The highest BCUT2D eigenvalue weighted by molar-refractivity contribution is 5.92. The maximum absolute atomic E-state index is 11.8. The summed E-state index contributed by atoms with van der Waals surface area (Å²) in [4.78, 5) is 14.5. The van der Waals surface area contributed by atoms with Crippen molar-refractivity contribution >= 4 is 18.3 Å². The van der Waals surface area contributed by atoms with E-state index in [2.05, 4.69) is 11.0 Å². The zero-order valence-electron chi connectivity index (χ0n) is 17.2. The molecule has 4 bridgehead atoms. The molecule has 0 spiro atoms. The third-order valence-electron chi connectivity index (χ3n) is 7.95. The van der Waals surface area contributed by atoms with E-state index < -0.39 is 0 Å². The molecule has 3 saturated heterocycles. The lowest BCUT2D eigenvalue weighted by Crippen LogP contribution is -2.61. The Morgan fingerprint density at radius 2 is 1.79 bits per heavy atom. The van der Waals surface area contributed by atoms with E-state index in [0.29, 0.717) is 35.6 Å². The largest absolute Gasteiger partial charge is 0.375 e. The number of halogens is 1. The molecule has 5 rings (SSSR count). The van der Waals surface area contributed by atoms with Crippen molar-refractivity contribution in [2.24, 2.45) is 17.6 Å². The van der Waals surface area contributed by atoms with Crippen LogP contribution in [0.2, 0.25) is 0 Å². The zero-order chi connectivity index (χ0) is 19.3. The van der Waals surface area contributed by atoms with E-state index in [1.54, 1.807) is 6.07 Å². The molecule has 2 N–H and O–H groups in total. The van der Waals surface area contributed by atoms with Gasteiger partial charge in [-0.3, -0.25) is 9.69 Å². The van der Waals surface area contributed by atoms with E-state index in [1.807, 2.05) is 19.2 Å². The van der Waals surface area contributed by atoms with Crippen LogP contribution >= 0.6 is 12.4 Å². The number of rotatable bonds is 4. The summed E-state index contributed by atoms with van der Waals surface area (Å²) in [6.07, 6.45) is 9.43. The van der Waals surface area contributed by atoms with Crippen molar-refractivity contribution in [1.82, 2.24) is 4.90 Å². The number of nitrogens with two attached hydrogens (primary N) is 1. The Bertz CT molecular complexity index is 731. The molecule has 0 radical (unpaired) electrons. The number of amides is 1. The summed E-state index contributed by atoms with van der Waals surface area (Å²) < 4.78 is 12.4. The number of likely N-dealkylation sites (tertiary alicyclic amines) is 1. The van der Waals surface area contributed by atoms with E-state index >= 15 is 0 Å². The predicted molar refractivity (Wildman–Crippen MR) is 114 cm³/mol. The first kappa shape index (κ1) is 21.1. The Hall–Kier alpha value is -1.14. The summed E-state index contributed by atoms with van der Waals surface area (Å²) >= 11 is 0. The van der Waals surface area contributed by atoms with Gasteiger partial charge in [-0.1, -0.05) is 18.6 Å². The van der Waals surface area contributed by atoms with Gasteiger partial charge in [-0.15, -0.1) is 12.4 Å². The van der Waals surface area contributed by atoms with Crippen molar-refractivity contribution in [2.45, 2.75) is 68.8 Å². The molecule has 1 aromatic rings. The number of methoxy groups -OCH3 is 1. The van der Waals surface area contributed by atoms with E-state index in [0.717, 1.165) is 18.7 Å². The number of ether oxygens (including phenoxy) is 2. The van der Waals surface area contributed by atoms with Crippen molar-refractivity contribution in [3.8, 4) is 0 Å². The molecule has 3 aliphatic heterocycles. The van der Waals surface area contributed by atoms with Crippen molar-refractivity contribution < 1.29 is 14.3 Å². The number of carbonyl (C=O) groups excluding carboxylic acids is 1. The average molecular weight is 421 g/mol. The lowest BCUT2D eigenvalue weighted by molar-refractivity contribution is -0.180. The molecule has 4 unspecified atom stereocenters. The van der Waals surface area contributed by atoms with Gasteiger partial charge in [-0.2, -0.15) is 0 Å². The topological polar surface area (TPSA) is 64.8 Å². The summed E-state index contributed by atoms with van der Waals surface area (Å²) in [7, 11) is 1.85. The van der Waals surface area contributed by atoms with Crippen molar-refractivity contribution in [3.63, 3.8) is 0 Å². The van der Waals surface area contributed by atoms with E-state index in [1.165, 1.54) is 44.9 Å². The van der Waals surface area contributed by atoms with Crippen molar-refractivity contribution in [2.75, 3.05) is 20.2 Å². The molecule has 3 heterocycles. The van der Waals surface area contributed by atoms with Gasteiger partial charge in [0, 0.05) is 43.6 Å². The fraction of sp³-hybridized carbons (Fsp3) is 0.696. The minimum atomic E-state index is -0.367. The van der Waals surface area contributed by atoms with Gasteiger partial charge < -0.3 is 15.2 Å². The fourth-order valence-corrected chi connectivity index (χ4v) is 6.73. The van der Waals surface area contributed by atoms with Crippen LogP contribution in [0.4, 0.5) is 0 Å². The third-order valence-corrected chi connectivity index (χ3v) is 7.95. The number of benzene rings is 1. The molecule has 4 aliphatic rings. The van der Waals surface area contributed by atoms with Gasteiger partial charge in [0.15, 0.2) is 0 Å². The summed E-state index contributed by atoms with van der Waals surface area (Å²) in [5.41, 5.74) is 6.97. The highest BCUT2D eigenvalue weighted by atomic mass is 35.5. The molecule has 5 nitrogen and oxygen atoms in total. The van der Waals surface area contributed by atoms with Crippen LogP contribution in [-0.4, -0.2) is 49.3 Å². The lowest BCUT2D eigenvalue weighted by Gasteiger charge is -2.57. The Labute approximate surface area is 179 Å². The van der Waals surface area contributed by atoms with Crippen LogP contribution in [-0.2, 0) is 15.1 Å². The molecule has 1 saturated carbocycles. The first-order valence-corrected chi connectivity index (χ1v) is 10.9. The molecule has 0 aromatic heterocycles. The van der Waals surface area contributed by atoms with E-state index in [4.69, 9.17) is 15.2 Å². The van der Waals surface area contributed by atoms with E-state index in [9.17, 15) is 4.79 Å². The Morgan fingerprint density at radius 3 is 2.38 bits per heavy atom. The smallest absolute Gasteiger partial charge is 0.248 e. The molecule has 1 amide bonds. The standard InChI is InChI=1S/C23H32N2O3.ClH/c1-27-23(16-5-2-4-15(10-16)22(24)26)17-6-3-7-18(23)14-25(13-17)19-11-20-8-9-21(12-19)28-20;/h2,4-5,10,17-21H,3,6-9,11-14H2,1H3,(H2,24,26);1H. The molecule has 160 valence electrons. The molecule has 1 aliphatic carbocycles. The zero-order valence-corrected chi connectivity index (χ0v) is 18.0. The van der Waals surface area contributed by atoms with E-state index in [-0.39, 0.29) is 23.9 Å². The highest BCUT2D eigenvalue weighted by Gasteiger charge is 2.54. The summed E-state index contributed by atoms with van der Waals surface area (Å²) in [5.74, 6) is 0.538. The summed E-state index contributed by atoms with van der Waals surface area (Å²) in [5, 5.41) is 0. The SMILES string of the molecule is COC1(c2cccc(C(N)=O)c2)C2CCCC1CN(C1CC3CCC(C1)O3)C2.Cl. The first-order chi connectivity index (χ1) is 13.6. The van der Waals surface area contributed by atoms with Crippen LogP contribution < -0.4 is 5.73 Å². The normalized spacial score (nSPS) is 39.0. The fourth-order valence-electron chi connectivity index (χ4n) is 6.73. The van der Waals surface area contributed by atoms with Gasteiger partial charge in [0.25, 0.3) is 0 Å². The number of piperidine rings is 1. The van der Waals surface area contributed by atoms with Crippen LogP contribution in [0, 0.1) is 11.8 Å². The van der Waals surface area contributed by atoms with Crippen LogP contribution in [0.25, 0.3) is 0 Å². The van der Waals surface area contributed by atoms with Crippen molar-refractivity contribution in [3.05, 3.63) is 35.4 Å². The predicted octanol–water partition coefficient (Wildman–Crippen LogP) is 3.49. The van der Waals surface area contributed by atoms with Crippen molar-refractivity contribution in [1.29, 1.82) is 0 Å². The Kier molecular flexibility index (Phi) is 5.95. The van der Waals surface area contributed by atoms with Crippen LogP contribution in [0.15, 0.2) is 24.3 Å². The van der Waals surface area contributed by atoms with Crippen LogP contribution in [0.3, 0.4) is 0 Å². The van der Waals surface area contributed by atoms with Crippen LogP contribution in [0.5, 0.6) is 0 Å². The molecule has 1 aromatic carbocycles. The lowest BCUT2D eigenvalue weighted by atomic mass is 9.62. The number of carbonyl (C=O) groups is 1. The molecule has 6 heteroatoms. The molecule has 4 fully saturated rings. The number of hydrogen-bond acceptors (Lipinski definition) is 4. The average Bonchev–Trinajstić information content (AvgIpc) is 3.04. The number of hydrogen-bond donors (Lipinski definition) is 1. The van der Waals surface area contributed by atoms with Gasteiger partial charge in [-0.25, -0.2) is 0 Å². The van der Waals surface area contributed by atoms with Gasteiger partial charge in [0.1, 0.15) is 5.60 Å². The first-order valence-electron chi connectivity index (χ1n) is 10.9. The minimum Gasteiger partial charge on any atom is -0.375 e. The number of primary amides is 1. The van der Waals surface area contributed by atoms with Gasteiger partial charge in [0.2, 0.25) is 5.91 Å². The van der Waals surface area contributed by atoms with Gasteiger partial charge >= 0.3 is 0 Å². The van der Waals surface area contributed by atoms with Gasteiger partial charge in [0.05, 0.1) is 12.2 Å². The highest BCUT2D eigenvalue weighted by Crippen LogP contribution is 2.52. The summed E-state index contributed by atoms with van der Waals surface area (Å²) in [6.45, 7) is 2.16. The second-order valence-corrected chi connectivity index (χ2v) is 9.30. The molecule has 4 atom stereocenters. The summed E-state index contributed by atoms with van der Waals surface area (Å²) in [6, 6.07) is 8.51. The second kappa shape index (κ2) is 8.18. The molecular weight excluding hydrogens is 388 g/mol. The molecular formula is C23H33ClN2O3. The van der Waals surface area contributed by atoms with Crippen LogP contribution in [0.1, 0.15) is 60.9 Å². The third kappa shape index (κ3) is 3.50. The number of fused-ring (bicyclic) bond motifs is 4. The van der Waals surface area contributed by atoms with Gasteiger partial charge in [-0.05, 0) is 56.2 Å². The number of nitrogens with zero attached hydrogens (tertiary/aromatic N) is 1. The molecule has 29 heavy (non-hydrogen) atoms. The maximum atomic E-state index is 11.8. The minimum absolute atomic E-state index is 0. The monoisotopic (exact) mass is 420 g/mol. The quantitative estimate of drug-likeness (QED) is 0.809. The Morgan fingerprint density at radius 1 is 1.14 bits per heavy atom. The maximum Gasteiger partial charge on any atom is 0.248 e. The Balaban J connectivity index is 0.00000205. The second-order valence-electron chi connectivity index (χ2n) is 9.30.